The molecule has 1 atom stereocenters. The molecule has 1 aromatic carbocycles. The van der Waals surface area contributed by atoms with Gasteiger partial charge in [0.15, 0.2) is 5.72 Å². The number of carbonyl (C=O) groups is 1. The minimum atomic E-state index is -4.53. The molecular formula is C29H33F3N6O3. The van der Waals surface area contributed by atoms with Crippen molar-refractivity contribution in [1.82, 2.24) is 20.5 Å². The summed E-state index contributed by atoms with van der Waals surface area (Å²) in [5.41, 5.74) is -0.131. The van der Waals surface area contributed by atoms with E-state index in [1.807, 2.05) is 48.4 Å². The van der Waals surface area contributed by atoms with Gasteiger partial charge >= 0.3 is 12.3 Å². The molecule has 1 aromatic heterocycles. The Morgan fingerprint density at radius 3 is 2.63 bits per heavy atom. The van der Waals surface area contributed by atoms with Gasteiger partial charge in [0.1, 0.15) is 6.07 Å². The Morgan fingerprint density at radius 1 is 1.32 bits per heavy atom. The molecule has 1 saturated heterocycles. The second kappa shape index (κ2) is 12.2. The summed E-state index contributed by atoms with van der Waals surface area (Å²) < 4.78 is 45.8. The van der Waals surface area contributed by atoms with Crippen LogP contribution in [-0.4, -0.2) is 66.5 Å². The molecule has 9 nitrogen and oxygen atoms in total. The Hall–Kier alpha value is -4.08. The number of nitrogens with one attached hydrogen (secondary N) is 2. The number of dihydropyridines is 1. The zero-order chi connectivity index (χ0) is 29.7. The third-order valence-corrected chi connectivity index (χ3v) is 7.59. The quantitative estimate of drug-likeness (QED) is 0.406. The topological polar surface area (TPSA) is 114 Å². The van der Waals surface area contributed by atoms with Crippen molar-refractivity contribution >= 4 is 11.8 Å². The van der Waals surface area contributed by atoms with Gasteiger partial charge in [0, 0.05) is 69.5 Å². The van der Waals surface area contributed by atoms with Crippen molar-refractivity contribution in [1.29, 1.82) is 5.26 Å². The van der Waals surface area contributed by atoms with Gasteiger partial charge in [0.25, 0.3) is 0 Å². The van der Waals surface area contributed by atoms with Crippen molar-refractivity contribution in [3.05, 3.63) is 83.3 Å². The highest BCUT2D eigenvalue weighted by Crippen LogP contribution is 2.38. The predicted octanol–water partition coefficient (Wildman–Crippen LogP) is 4.44. The summed E-state index contributed by atoms with van der Waals surface area (Å²) in [7, 11) is 1.50. The Kier molecular flexibility index (Phi) is 8.89. The van der Waals surface area contributed by atoms with Gasteiger partial charge in [0.05, 0.1) is 16.8 Å². The summed E-state index contributed by atoms with van der Waals surface area (Å²) in [6, 6.07) is 8.91. The first-order valence-electron chi connectivity index (χ1n) is 13.3. The molecule has 12 heteroatoms. The molecule has 0 spiro atoms. The van der Waals surface area contributed by atoms with Crippen LogP contribution in [0.5, 0.6) is 0 Å². The van der Waals surface area contributed by atoms with Gasteiger partial charge in [-0.05, 0) is 55.7 Å². The average molecular weight is 571 g/mol. The third-order valence-electron chi connectivity index (χ3n) is 7.59. The largest absolute Gasteiger partial charge is 0.465 e. The van der Waals surface area contributed by atoms with Gasteiger partial charge < -0.3 is 30.3 Å². The number of ether oxygens (including phenoxy) is 1. The molecular weight excluding hydrogens is 537 g/mol. The van der Waals surface area contributed by atoms with Crippen molar-refractivity contribution in [2.45, 2.75) is 37.2 Å². The number of aromatic nitrogens is 1. The molecule has 3 heterocycles. The highest BCUT2D eigenvalue weighted by molar-refractivity contribution is 5.64. The van der Waals surface area contributed by atoms with Gasteiger partial charge in [-0.2, -0.15) is 18.4 Å². The number of alkyl halides is 3. The van der Waals surface area contributed by atoms with E-state index in [1.165, 1.54) is 18.0 Å². The first-order valence-corrected chi connectivity index (χ1v) is 13.3. The van der Waals surface area contributed by atoms with Crippen molar-refractivity contribution in [3.8, 4) is 6.07 Å². The lowest BCUT2D eigenvalue weighted by molar-refractivity contribution is -0.137. The van der Waals surface area contributed by atoms with Crippen LogP contribution in [0.1, 0.15) is 36.5 Å². The second-order valence-electron chi connectivity index (χ2n) is 10.0. The Morgan fingerprint density at radius 2 is 2.07 bits per heavy atom. The molecule has 1 amide bonds. The number of likely N-dealkylation sites (N-methyl/N-ethyl adjacent to an activating group) is 1. The lowest BCUT2D eigenvalue weighted by Gasteiger charge is -2.46. The SMILES string of the molecule is CCOC1(c2cccnc2)C=CC(C2(NCCN(C)C(=O)O)CCN(c3ccc(C(F)(F)F)cc3C#N)CC2)=CN1. The monoisotopic (exact) mass is 570 g/mol. The predicted molar refractivity (Wildman–Crippen MR) is 147 cm³/mol. The molecule has 0 radical (unpaired) electrons. The molecule has 0 bridgehead atoms. The molecule has 218 valence electrons. The average Bonchev–Trinajstić information content (AvgIpc) is 2.97. The molecule has 3 N–H and O–H groups in total. The summed E-state index contributed by atoms with van der Waals surface area (Å²) in [5.74, 6) is 0. The van der Waals surface area contributed by atoms with Crippen LogP contribution in [-0.2, 0) is 16.6 Å². The van der Waals surface area contributed by atoms with Crippen molar-refractivity contribution in [2.75, 3.05) is 44.7 Å². The number of benzene rings is 1. The fourth-order valence-corrected chi connectivity index (χ4v) is 5.28. The highest BCUT2D eigenvalue weighted by atomic mass is 19.4. The van der Waals surface area contributed by atoms with Crippen LogP contribution in [0.4, 0.5) is 23.7 Å². The molecule has 2 aromatic rings. The molecule has 1 fully saturated rings. The number of pyridine rings is 1. The second-order valence-corrected chi connectivity index (χ2v) is 10.0. The van der Waals surface area contributed by atoms with E-state index in [9.17, 15) is 28.3 Å². The van der Waals surface area contributed by atoms with E-state index < -0.39 is 29.1 Å². The maximum Gasteiger partial charge on any atom is 0.416 e. The van der Waals surface area contributed by atoms with Crippen molar-refractivity contribution in [3.63, 3.8) is 0 Å². The van der Waals surface area contributed by atoms with Crippen molar-refractivity contribution < 1.29 is 27.8 Å². The number of amides is 1. The van der Waals surface area contributed by atoms with Gasteiger partial charge in [-0.25, -0.2) is 4.79 Å². The number of carboxylic acid groups (broad SMARTS) is 1. The standard InChI is InChI=1S/C29H33F3N6O3/c1-3-41-28(24-5-4-12-34-19-24)9-8-23(20-36-28)27(35-13-16-37(2)26(39)40)10-14-38(15-11-27)25-7-6-22(29(30,31)32)17-21(25)18-33/h4-9,12,17,19-20,35-36H,3,10-11,13-16H2,1-2H3,(H,39,40). The molecule has 0 saturated carbocycles. The molecule has 4 rings (SSSR count). The van der Waals surface area contributed by atoms with Crippen LogP contribution in [0.15, 0.2) is 66.7 Å². The molecule has 2 aliphatic rings. The maximum absolute atomic E-state index is 13.2. The Labute approximate surface area is 236 Å². The first-order chi connectivity index (χ1) is 19.5. The van der Waals surface area contributed by atoms with E-state index in [-0.39, 0.29) is 12.1 Å². The maximum atomic E-state index is 13.2. The zero-order valence-electron chi connectivity index (χ0n) is 22.9. The molecule has 41 heavy (non-hydrogen) atoms. The van der Waals surface area contributed by atoms with E-state index in [1.54, 1.807) is 12.4 Å². The van der Waals surface area contributed by atoms with Crippen LogP contribution in [0.25, 0.3) is 0 Å². The van der Waals surface area contributed by atoms with Gasteiger partial charge in [0.2, 0.25) is 0 Å². The number of halogens is 3. The summed E-state index contributed by atoms with van der Waals surface area (Å²) in [6.07, 6.45) is 4.79. The lowest BCUT2D eigenvalue weighted by atomic mass is 9.78. The third kappa shape index (κ3) is 6.47. The number of rotatable bonds is 9. The summed E-state index contributed by atoms with van der Waals surface area (Å²) in [5, 5.41) is 25.8. The fourth-order valence-electron chi connectivity index (χ4n) is 5.28. The lowest BCUT2D eigenvalue weighted by Crippen LogP contribution is -2.57. The van der Waals surface area contributed by atoms with Gasteiger partial charge in [-0.3, -0.25) is 4.98 Å². The number of nitriles is 1. The number of anilines is 1. The van der Waals surface area contributed by atoms with Gasteiger partial charge in [-0.1, -0.05) is 12.1 Å². The van der Waals surface area contributed by atoms with Crippen molar-refractivity contribution in [2.24, 2.45) is 0 Å². The van der Waals surface area contributed by atoms with E-state index in [2.05, 4.69) is 15.6 Å². The Bertz CT molecular complexity index is 1330. The van der Waals surface area contributed by atoms with Crippen LogP contribution in [0.2, 0.25) is 0 Å². The number of hydrogen-bond acceptors (Lipinski definition) is 7. The molecule has 1 unspecified atom stereocenters. The number of nitrogens with zero attached hydrogens (tertiary/aromatic N) is 4. The normalized spacial score (nSPS) is 20.1. The number of hydrogen-bond donors (Lipinski definition) is 3. The minimum absolute atomic E-state index is 0.0280. The Balaban J connectivity index is 1.58. The van der Waals surface area contributed by atoms with Crippen LogP contribution >= 0.6 is 0 Å². The molecule has 0 aliphatic carbocycles. The van der Waals surface area contributed by atoms with E-state index >= 15 is 0 Å². The smallest absolute Gasteiger partial charge is 0.416 e. The fraction of sp³-hybridized carbons (Fsp3) is 0.414. The minimum Gasteiger partial charge on any atom is -0.465 e. The van der Waals surface area contributed by atoms with Gasteiger partial charge in [-0.15, -0.1) is 0 Å². The first kappa shape index (κ1) is 29.9. The van der Waals surface area contributed by atoms with Crippen LogP contribution in [0.3, 0.4) is 0 Å². The zero-order valence-corrected chi connectivity index (χ0v) is 22.9. The summed E-state index contributed by atoms with van der Waals surface area (Å²) in [6.45, 7) is 3.93. The van der Waals surface area contributed by atoms with E-state index in [4.69, 9.17) is 4.74 Å². The van der Waals surface area contributed by atoms with E-state index in [0.29, 0.717) is 44.8 Å². The highest BCUT2D eigenvalue weighted by Gasteiger charge is 2.41. The van der Waals surface area contributed by atoms with Crippen LogP contribution < -0.4 is 15.5 Å². The van der Waals surface area contributed by atoms with E-state index in [0.717, 1.165) is 23.3 Å². The summed E-state index contributed by atoms with van der Waals surface area (Å²) in [4.78, 5) is 18.7. The molecule has 2 aliphatic heterocycles. The summed E-state index contributed by atoms with van der Waals surface area (Å²) >= 11 is 0. The van der Waals surface area contributed by atoms with Crippen LogP contribution in [0, 0.1) is 11.3 Å². The number of piperidine rings is 1.